The number of pyridine rings is 1. The number of nitrogens with one attached hydrogen (secondary N) is 1. The molecular formula is C25H28F6N4O. The summed E-state index contributed by atoms with van der Waals surface area (Å²) in [6.45, 7) is 0.933. The van der Waals surface area contributed by atoms with E-state index in [-0.39, 0.29) is 23.7 Å². The van der Waals surface area contributed by atoms with E-state index in [0.717, 1.165) is 25.1 Å². The zero-order valence-electron chi connectivity index (χ0n) is 20.0. The van der Waals surface area contributed by atoms with Crippen LogP contribution >= 0.6 is 0 Å². The number of nitrogens with zero attached hydrogens (tertiary/aromatic N) is 3. The number of amides is 1. The van der Waals surface area contributed by atoms with Crippen LogP contribution in [-0.2, 0) is 18.8 Å². The average Bonchev–Trinajstić information content (AvgIpc) is 2.83. The van der Waals surface area contributed by atoms with Crippen molar-refractivity contribution < 1.29 is 31.1 Å². The van der Waals surface area contributed by atoms with Crippen molar-refractivity contribution in [2.45, 2.75) is 63.0 Å². The third-order valence-corrected chi connectivity index (χ3v) is 7.08. The molecule has 1 aromatic carbocycles. The Balaban J connectivity index is 1.41. The van der Waals surface area contributed by atoms with E-state index in [9.17, 15) is 31.1 Å². The molecule has 36 heavy (non-hydrogen) atoms. The van der Waals surface area contributed by atoms with Gasteiger partial charge in [-0.15, -0.1) is 0 Å². The fourth-order valence-corrected chi connectivity index (χ4v) is 5.00. The van der Waals surface area contributed by atoms with Crippen molar-refractivity contribution >= 4 is 17.3 Å². The smallest absolute Gasteiger partial charge is 0.374 e. The molecule has 1 fully saturated rings. The molecule has 2 aromatic rings. The normalized spacial score (nSPS) is 20.6. The summed E-state index contributed by atoms with van der Waals surface area (Å²) in [6, 6.07) is 6.59. The van der Waals surface area contributed by atoms with E-state index < -0.39 is 23.7 Å². The van der Waals surface area contributed by atoms with Gasteiger partial charge in [0.15, 0.2) is 0 Å². The summed E-state index contributed by atoms with van der Waals surface area (Å²) < 4.78 is 79.1. The quantitative estimate of drug-likeness (QED) is 0.534. The summed E-state index contributed by atoms with van der Waals surface area (Å²) in [5.41, 5.74) is -0.504. The van der Waals surface area contributed by atoms with Gasteiger partial charge in [-0.2, -0.15) is 26.3 Å². The van der Waals surface area contributed by atoms with E-state index in [1.54, 1.807) is 0 Å². The van der Waals surface area contributed by atoms with Crippen molar-refractivity contribution in [3.63, 3.8) is 0 Å². The number of hydrogen-bond acceptors (Lipinski definition) is 4. The van der Waals surface area contributed by atoms with Gasteiger partial charge in [-0.05, 0) is 68.4 Å². The van der Waals surface area contributed by atoms with Crippen LogP contribution in [0, 0.1) is 0 Å². The van der Waals surface area contributed by atoms with Crippen molar-refractivity contribution in [1.29, 1.82) is 0 Å². The van der Waals surface area contributed by atoms with Gasteiger partial charge in [-0.3, -0.25) is 4.79 Å². The number of carbonyl (C=O) groups excluding carboxylic acids is 1. The molecular weight excluding hydrogens is 486 g/mol. The number of carbonyl (C=O) groups is 1. The van der Waals surface area contributed by atoms with E-state index in [2.05, 4.69) is 15.2 Å². The molecule has 1 aromatic heterocycles. The Hall–Kier alpha value is -2.98. The summed E-state index contributed by atoms with van der Waals surface area (Å²) in [4.78, 5) is 19.2. The molecule has 4 rings (SSSR count). The highest BCUT2D eigenvalue weighted by atomic mass is 19.4. The van der Waals surface area contributed by atoms with Gasteiger partial charge in [0.2, 0.25) is 0 Å². The van der Waals surface area contributed by atoms with E-state index in [1.807, 2.05) is 25.2 Å². The Bertz CT molecular complexity index is 1080. The predicted octanol–water partition coefficient (Wildman–Crippen LogP) is 5.68. The molecule has 0 atom stereocenters. The molecule has 2 heterocycles. The fourth-order valence-electron chi connectivity index (χ4n) is 5.00. The number of anilines is 2. The van der Waals surface area contributed by atoms with Crippen LogP contribution in [0.15, 0.2) is 30.3 Å². The minimum Gasteiger partial charge on any atom is -0.374 e. The minimum absolute atomic E-state index is 0.121. The maximum absolute atomic E-state index is 13.2. The maximum Gasteiger partial charge on any atom is 0.433 e. The number of aryl methyl sites for hydroxylation is 1. The summed E-state index contributed by atoms with van der Waals surface area (Å²) in [5, 5.41) is 3.03. The van der Waals surface area contributed by atoms with Crippen LogP contribution in [0.3, 0.4) is 0 Å². The first-order chi connectivity index (χ1) is 16.8. The number of hydrogen-bond donors (Lipinski definition) is 1. The lowest BCUT2D eigenvalue weighted by molar-refractivity contribution is -0.150. The minimum atomic E-state index is -5.00. The summed E-state index contributed by atoms with van der Waals surface area (Å²) in [7, 11) is 3.48. The molecule has 0 bridgehead atoms. The number of fused-ring (bicyclic) bond motifs is 1. The van der Waals surface area contributed by atoms with E-state index in [4.69, 9.17) is 0 Å². The van der Waals surface area contributed by atoms with Crippen molar-refractivity contribution in [2.24, 2.45) is 0 Å². The standard InChI is InChI=1S/C25H28F6N4O/c1-34-11-3-4-15-5-6-16(12-20(15)34)23(36)32-17-7-9-18(10-8-17)35(2)19-13-21(24(26,27)28)33-22(14-19)25(29,30)31/h5-6,12-14,17-18H,3-4,7-11H2,1-2H3,(H,32,36)/t17-,18+. The Morgan fingerprint density at radius 1 is 1.00 bits per heavy atom. The number of alkyl halides is 6. The molecule has 0 unspecified atom stereocenters. The van der Waals surface area contributed by atoms with Gasteiger partial charge in [-0.1, -0.05) is 6.07 Å². The number of benzene rings is 1. The largest absolute Gasteiger partial charge is 0.433 e. The van der Waals surface area contributed by atoms with Crippen molar-refractivity contribution in [1.82, 2.24) is 10.3 Å². The first-order valence-corrected chi connectivity index (χ1v) is 11.9. The van der Waals surface area contributed by atoms with Crippen molar-refractivity contribution in [2.75, 3.05) is 30.4 Å². The molecule has 1 aliphatic heterocycles. The Labute approximate surface area is 205 Å². The molecule has 0 spiro atoms. The van der Waals surface area contributed by atoms with Crippen LogP contribution in [0.4, 0.5) is 37.7 Å². The Kier molecular flexibility index (Phi) is 7.12. The van der Waals surface area contributed by atoms with Gasteiger partial charge in [0.05, 0.1) is 0 Å². The van der Waals surface area contributed by atoms with Crippen LogP contribution in [0.2, 0.25) is 0 Å². The Morgan fingerprint density at radius 2 is 1.61 bits per heavy atom. The first kappa shape index (κ1) is 26.1. The van der Waals surface area contributed by atoms with Gasteiger partial charge < -0.3 is 15.1 Å². The summed E-state index contributed by atoms with van der Waals surface area (Å²) >= 11 is 0. The number of aromatic nitrogens is 1. The summed E-state index contributed by atoms with van der Waals surface area (Å²) in [5.74, 6) is -0.188. The maximum atomic E-state index is 13.2. The average molecular weight is 515 g/mol. The van der Waals surface area contributed by atoms with Gasteiger partial charge in [0, 0.05) is 49.7 Å². The molecule has 1 aliphatic carbocycles. The SMILES string of the molecule is CN1CCCc2ccc(C(=O)N[C@H]3CC[C@@H](N(C)c4cc(C(F)(F)F)nc(C(F)(F)F)c4)CC3)cc21. The second-order valence-corrected chi connectivity index (χ2v) is 9.55. The topological polar surface area (TPSA) is 48.5 Å². The molecule has 2 aliphatic rings. The molecule has 0 radical (unpaired) electrons. The van der Waals surface area contributed by atoms with Gasteiger partial charge in [-0.25, -0.2) is 4.98 Å². The molecule has 11 heteroatoms. The first-order valence-electron chi connectivity index (χ1n) is 11.9. The van der Waals surface area contributed by atoms with E-state index in [1.165, 1.54) is 17.5 Å². The van der Waals surface area contributed by atoms with Gasteiger partial charge in [0.25, 0.3) is 5.91 Å². The van der Waals surface area contributed by atoms with Crippen molar-refractivity contribution in [3.8, 4) is 0 Å². The lowest BCUT2D eigenvalue weighted by atomic mass is 9.89. The van der Waals surface area contributed by atoms with Crippen LogP contribution in [0.1, 0.15) is 59.4 Å². The summed E-state index contributed by atoms with van der Waals surface area (Å²) in [6.07, 6.45) is -5.79. The second kappa shape index (κ2) is 9.82. The number of halogens is 6. The molecule has 1 N–H and O–H groups in total. The van der Waals surface area contributed by atoms with E-state index >= 15 is 0 Å². The van der Waals surface area contributed by atoms with Gasteiger partial charge >= 0.3 is 12.4 Å². The lowest BCUT2D eigenvalue weighted by Crippen LogP contribution is -2.43. The highest BCUT2D eigenvalue weighted by Gasteiger charge is 2.39. The molecule has 5 nitrogen and oxygen atoms in total. The fraction of sp³-hybridized carbons (Fsp3) is 0.520. The predicted molar refractivity (Wildman–Crippen MR) is 124 cm³/mol. The van der Waals surface area contributed by atoms with E-state index in [0.29, 0.717) is 43.4 Å². The van der Waals surface area contributed by atoms with Crippen LogP contribution in [0.5, 0.6) is 0 Å². The lowest BCUT2D eigenvalue weighted by Gasteiger charge is -2.36. The molecule has 0 saturated heterocycles. The third-order valence-electron chi connectivity index (χ3n) is 7.08. The van der Waals surface area contributed by atoms with Crippen LogP contribution < -0.4 is 15.1 Å². The monoisotopic (exact) mass is 514 g/mol. The Morgan fingerprint density at radius 3 is 2.19 bits per heavy atom. The zero-order chi connectivity index (χ0) is 26.3. The second-order valence-electron chi connectivity index (χ2n) is 9.55. The third kappa shape index (κ3) is 5.70. The zero-order valence-corrected chi connectivity index (χ0v) is 20.0. The van der Waals surface area contributed by atoms with Crippen LogP contribution in [0.25, 0.3) is 0 Å². The molecule has 1 amide bonds. The molecule has 1 saturated carbocycles. The van der Waals surface area contributed by atoms with Crippen molar-refractivity contribution in [3.05, 3.63) is 52.8 Å². The highest BCUT2D eigenvalue weighted by molar-refractivity contribution is 5.95. The van der Waals surface area contributed by atoms with Gasteiger partial charge in [0.1, 0.15) is 11.4 Å². The molecule has 196 valence electrons. The van der Waals surface area contributed by atoms with Crippen LogP contribution in [-0.4, -0.2) is 43.6 Å². The number of rotatable bonds is 4. The highest BCUT2D eigenvalue weighted by Crippen LogP contribution is 2.37.